The Balaban J connectivity index is 2.19. The van der Waals surface area contributed by atoms with Gasteiger partial charge >= 0.3 is 0 Å². The van der Waals surface area contributed by atoms with Crippen LogP contribution in [0.3, 0.4) is 0 Å². The molecule has 5 N–H and O–H groups in total. The van der Waals surface area contributed by atoms with E-state index in [0.29, 0.717) is 17.7 Å². The Morgan fingerprint density at radius 3 is 2.65 bits per heavy atom. The predicted molar refractivity (Wildman–Crippen MR) is 66.8 cm³/mol. The van der Waals surface area contributed by atoms with E-state index >= 15 is 0 Å². The first-order valence-corrected chi connectivity index (χ1v) is 5.26. The van der Waals surface area contributed by atoms with E-state index in [1.165, 1.54) is 0 Å². The van der Waals surface area contributed by atoms with Crippen LogP contribution in [0, 0.1) is 0 Å². The number of aromatic nitrogens is 4. The topological polar surface area (TPSA) is 108 Å². The summed E-state index contributed by atoms with van der Waals surface area (Å²) in [5.74, 6) is 1.03. The second kappa shape index (κ2) is 4.28. The highest BCUT2D eigenvalue weighted by atomic mass is 15.3. The number of anilines is 4. The molecule has 2 heterocycles. The third-order valence-electron chi connectivity index (χ3n) is 2.17. The Hall–Kier alpha value is -2.31. The van der Waals surface area contributed by atoms with Gasteiger partial charge < -0.3 is 16.8 Å². The SMILES string of the molecule is CC(C)n1cc(Nc2cc(N)nc(N)n2)cn1. The lowest BCUT2D eigenvalue weighted by Crippen LogP contribution is -2.03. The highest BCUT2D eigenvalue weighted by Crippen LogP contribution is 2.17. The average Bonchev–Trinajstić information content (AvgIpc) is 2.64. The molecule has 90 valence electrons. The second-order valence-corrected chi connectivity index (χ2v) is 3.96. The van der Waals surface area contributed by atoms with E-state index in [-0.39, 0.29) is 5.95 Å². The van der Waals surface area contributed by atoms with Gasteiger partial charge in [0, 0.05) is 18.3 Å². The van der Waals surface area contributed by atoms with Crippen LogP contribution in [0.4, 0.5) is 23.3 Å². The van der Waals surface area contributed by atoms with Crippen LogP contribution in [-0.2, 0) is 0 Å². The van der Waals surface area contributed by atoms with Gasteiger partial charge in [-0.2, -0.15) is 15.1 Å². The summed E-state index contributed by atoms with van der Waals surface area (Å²) in [6.45, 7) is 4.11. The summed E-state index contributed by atoms with van der Waals surface area (Å²) in [4.78, 5) is 7.81. The smallest absolute Gasteiger partial charge is 0.223 e. The molecule has 0 aliphatic carbocycles. The maximum Gasteiger partial charge on any atom is 0.223 e. The van der Waals surface area contributed by atoms with Crippen LogP contribution >= 0.6 is 0 Å². The fourth-order valence-corrected chi connectivity index (χ4v) is 1.38. The lowest BCUT2D eigenvalue weighted by molar-refractivity contribution is 0.532. The summed E-state index contributed by atoms with van der Waals surface area (Å²) in [5.41, 5.74) is 11.9. The molecule has 17 heavy (non-hydrogen) atoms. The van der Waals surface area contributed by atoms with Crippen molar-refractivity contribution in [2.45, 2.75) is 19.9 Å². The van der Waals surface area contributed by atoms with Gasteiger partial charge in [-0.15, -0.1) is 0 Å². The molecule has 7 heteroatoms. The standard InChI is InChI=1S/C10H15N7/c1-6(2)17-5-7(4-13-17)14-9-3-8(11)15-10(12)16-9/h3-6H,1-2H3,(H5,11,12,14,15,16). The third-order valence-corrected chi connectivity index (χ3v) is 2.17. The molecule has 0 aliphatic heterocycles. The number of hydrogen-bond acceptors (Lipinski definition) is 6. The van der Waals surface area contributed by atoms with Crippen LogP contribution in [-0.4, -0.2) is 19.7 Å². The monoisotopic (exact) mass is 233 g/mol. The van der Waals surface area contributed by atoms with Gasteiger partial charge in [0.2, 0.25) is 5.95 Å². The van der Waals surface area contributed by atoms with Crippen molar-refractivity contribution in [1.29, 1.82) is 0 Å². The molecule has 7 nitrogen and oxygen atoms in total. The molecule has 0 radical (unpaired) electrons. The van der Waals surface area contributed by atoms with Crippen LogP contribution < -0.4 is 16.8 Å². The van der Waals surface area contributed by atoms with E-state index in [1.807, 2.05) is 10.9 Å². The third kappa shape index (κ3) is 2.63. The Morgan fingerprint density at radius 2 is 2.06 bits per heavy atom. The van der Waals surface area contributed by atoms with E-state index in [9.17, 15) is 0 Å². The van der Waals surface area contributed by atoms with E-state index in [4.69, 9.17) is 11.5 Å². The summed E-state index contributed by atoms with van der Waals surface area (Å²) in [5, 5.41) is 7.27. The molecular formula is C10H15N7. The van der Waals surface area contributed by atoms with E-state index in [2.05, 4.69) is 34.2 Å². The molecule has 2 aromatic rings. The van der Waals surface area contributed by atoms with Gasteiger partial charge in [-0.25, -0.2) is 0 Å². The van der Waals surface area contributed by atoms with Crippen molar-refractivity contribution in [3.63, 3.8) is 0 Å². The molecule has 2 rings (SSSR count). The Bertz CT molecular complexity index is 497. The predicted octanol–water partition coefficient (Wildman–Crippen LogP) is 1.16. The second-order valence-electron chi connectivity index (χ2n) is 3.96. The van der Waals surface area contributed by atoms with Crippen molar-refractivity contribution >= 4 is 23.3 Å². The fourth-order valence-electron chi connectivity index (χ4n) is 1.38. The first-order chi connectivity index (χ1) is 8.04. The number of nitrogen functional groups attached to an aromatic ring is 2. The van der Waals surface area contributed by atoms with Crippen molar-refractivity contribution in [3.8, 4) is 0 Å². The van der Waals surface area contributed by atoms with Crippen molar-refractivity contribution < 1.29 is 0 Å². The Labute approximate surface area is 98.9 Å². The minimum Gasteiger partial charge on any atom is -0.383 e. The minimum absolute atomic E-state index is 0.142. The molecule has 2 aromatic heterocycles. The fraction of sp³-hybridized carbons (Fsp3) is 0.300. The normalized spacial score (nSPS) is 10.8. The summed E-state index contributed by atoms with van der Waals surface area (Å²) in [7, 11) is 0. The van der Waals surface area contributed by atoms with E-state index in [0.717, 1.165) is 5.69 Å². The maximum absolute atomic E-state index is 5.57. The molecule has 0 aliphatic rings. The molecule has 0 unspecified atom stereocenters. The highest BCUT2D eigenvalue weighted by Gasteiger charge is 2.04. The lowest BCUT2D eigenvalue weighted by Gasteiger charge is -2.05. The van der Waals surface area contributed by atoms with Gasteiger partial charge in [0.25, 0.3) is 0 Å². The van der Waals surface area contributed by atoms with Gasteiger partial charge in [0.1, 0.15) is 11.6 Å². The molecule has 0 fully saturated rings. The summed E-state index contributed by atoms with van der Waals surface area (Å²) >= 11 is 0. The maximum atomic E-state index is 5.57. The van der Waals surface area contributed by atoms with Gasteiger partial charge in [-0.1, -0.05) is 0 Å². The average molecular weight is 233 g/mol. The minimum atomic E-state index is 0.142. The molecule has 0 saturated heterocycles. The van der Waals surface area contributed by atoms with Crippen molar-refractivity contribution in [2.24, 2.45) is 0 Å². The van der Waals surface area contributed by atoms with Gasteiger partial charge in [0.15, 0.2) is 0 Å². The highest BCUT2D eigenvalue weighted by molar-refractivity contribution is 5.58. The van der Waals surface area contributed by atoms with Crippen molar-refractivity contribution in [2.75, 3.05) is 16.8 Å². The molecular weight excluding hydrogens is 218 g/mol. The number of nitrogens with one attached hydrogen (secondary N) is 1. The first kappa shape index (κ1) is 11.2. The van der Waals surface area contributed by atoms with Crippen LogP contribution in [0.25, 0.3) is 0 Å². The first-order valence-electron chi connectivity index (χ1n) is 5.26. The number of rotatable bonds is 3. The molecule has 0 amide bonds. The van der Waals surface area contributed by atoms with Gasteiger partial charge in [-0.05, 0) is 13.8 Å². The van der Waals surface area contributed by atoms with E-state index < -0.39 is 0 Å². The quantitative estimate of drug-likeness (QED) is 0.734. The zero-order valence-corrected chi connectivity index (χ0v) is 9.75. The summed E-state index contributed by atoms with van der Waals surface area (Å²) in [6, 6.07) is 1.93. The molecule has 0 spiro atoms. The summed E-state index contributed by atoms with van der Waals surface area (Å²) in [6.07, 6.45) is 3.60. The number of nitrogens with zero attached hydrogens (tertiary/aromatic N) is 4. The van der Waals surface area contributed by atoms with Crippen LogP contribution in [0.2, 0.25) is 0 Å². The van der Waals surface area contributed by atoms with Gasteiger partial charge in [0.05, 0.1) is 11.9 Å². The largest absolute Gasteiger partial charge is 0.383 e. The Morgan fingerprint density at radius 1 is 1.29 bits per heavy atom. The molecule has 0 atom stereocenters. The van der Waals surface area contributed by atoms with Crippen LogP contribution in [0.15, 0.2) is 18.5 Å². The van der Waals surface area contributed by atoms with Crippen molar-refractivity contribution in [3.05, 3.63) is 18.5 Å². The van der Waals surface area contributed by atoms with Crippen LogP contribution in [0.1, 0.15) is 19.9 Å². The van der Waals surface area contributed by atoms with Gasteiger partial charge in [-0.3, -0.25) is 4.68 Å². The molecule has 0 bridgehead atoms. The lowest BCUT2D eigenvalue weighted by atomic mass is 10.4. The molecule has 0 aromatic carbocycles. The molecule has 0 saturated carbocycles. The van der Waals surface area contributed by atoms with E-state index in [1.54, 1.807) is 12.3 Å². The Kier molecular flexibility index (Phi) is 2.82. The number of nitrogens with two attached hydrogens (primary N) is 2. The summed E-state index contributed by atoms with van der Waals surface area (Å²) < 4.78 is 1.84. The zero-order chi connectivity index (χ0) is 12.4. The van der Waals surface area contributed by atoms with Crippen LogP contribution in [0.5, 0.6) is 0 Å². The number of hydrogen-bond donors (Lipinski definition) is 3. The zero-order valence-electron chi connectivity index (χ0n) is 9.75. The van der Waals surface area contributed by atoms with Crippen molar-refractivity contribution in [1.82, 2.24) is 19.7 Å².